The third kappa shape index (κ3) is 2.57. The molecule has 0 bridgehead atoms. The average Bonchev–Trinajstić information content (AvgIpc) is 2.25. The van der Waals surface area contributed by atoms with Gasteiger partial charge in [-0.1, -0.05) is 0 Å². The number of carbonyl (C=O) groups is 1. The maximum Gasteiger partial charge on any atom is 0.417 e. The molecule has 1 heterocycles. The van der Waals surface area contributed by atoms with Crippen LogP contribution in [0.15, 0.2) is 6.20 Å². The van der Waals surface area contributed by atoms with Crippen LogP contribution < -0.4 is 5.73 Å². The summed E-state index contributed by atoms with van der Waals surface area (Å²) in [5.41, 5.74) is 0.901. The van der Waals surface area contributed by atoms with E-state index >= 15 is 0 Å². The van der Waals surface area contributed by atoms with Crippen molar-refractivity contribution in [3.05, 3.63) is 28.6 Å². The number of pyridine rings is 1. The minimum atomic E-state index is -5.01. The third-order valence-electron chi connectivity index (χ3n) is 2.08. The zero-order valence-corrected chi connectivity index (χ0v) is 8.26. The highest BCUT2D eigenvalue weighted by molar-refractivity contribution is 5.75. The van der Waals surface area contributed by atoms with Gasteiger partial charge in [0.25, 0.3) is 6.43 Å². The lowest BCUT2D eigenvalue weighted by atomic mass is 10.0. The molecule has 3 nitrogen and oxygen atoms in total. The van der Waals surface area contributed by atoms with E-state index in [1.807, 2.05) is 0 Å². The molecule has 17 heavy (non-hydrogen) atoms. The van der Waals surface area contributed by atoms with E-state index in [0.29, 0.717) is 6.20 Å². The molecule has 0 fully saturated rings. The lowest BCUT2D eigenvalue weighted by Crippen LogP contribution is -2.18. The number of carbonyl (C=O) groups excluding carboxylic acids is 1. The van der Waals surface area contributed by atoms with Gasteiger partial charge in [0.15, 0.2) is 6.29 Å². The predicted molar refractivity (Wildman–Crippen MR) is 47.5 cm³/mol. The molecular formula is C9H7F5N2O. The van der Waals surface area contributed by atoms with E-state index in [0.717, 1.165) is 0 Å². The number of aldehydes is 1. The summed E-state index contributed by atoms with van der Waals surface area (Å²) in [4.78, 5) is 13.7. The Labute approximate surface area is 92.4 Å². The average molecular weight is 254 g/mol. The van der Waals surface area contributed by atoms with E-state index in [-0.39, 0.29) is 6.29 Å². The fourth-order valence-electron chi connectivity index (χ4n) is 1.39. The maximum atomic E-state index is 12.6. The van der Waals surface area contributed by atoms with Crippen molar-refractivity contribution in [1.29, 1.82) is 0 Å². The van der Waals surface area contributed by atoms with Gasteiger partial charge in [-0.15, -0.1) is 0 Å². The quantitative estimate of drug-likeness (QED) is 0.665. The number of hydrogen-bond donors (Lipinski definition) is 1. The highest BCUT2D eigenvalue weighted by Gasteiger charge is 2.39. The van der Waals surface area contributed by atoms with Crippen LogP contribution in [0.3, 0.4) is 0 Å². The minimum Gasteiger partial charge on any atom is -0.326 e. The Morgan fingerprint density at radius 2 is 2.00 bits per heavy atom. The van der Waals surface area contributed by atoms with Crippen LogP contribution in [0.25, 0.3) is 0 Å². The van der Waals surface area contributed by atoms with Crippen LogP contribution in [0.2, 0.25) is 0 Å². The number of nitrogens with two attached hydrogens (primary N) is 1. The molecule has 1 aromatic rings. The molecule has 1 rings (SSSR count). The van der Waals surface area contributed by atoms with Crippen molar-refractivity contribution in [3.8, 4) is 0 Å². The Balaban J connectivity index is 3.62. The molecule has 94 valence electrons. The summed E-state index contributed by atoms with van der Waals surface area (Å²) in [6.07, 6.45) is -7.96. The van der Waals surface area contributed by atoms with Crippen molar-refractivity contribution in [2.24, 2.45) is 5.73 Å². The summed E-state index contributed by atoms with van der Waals surface area (Å²) in [5.74, 6) is 0. The summed E-state index contributed by atoms with van der Waals surface area (Å²) in [7, 11) is 0. The Morgan fingerprint density at radius 3 is 2.35 bits per heavy atom. The molecule has 8 heteroatoms. The van der Waals surface area contributed by atoms with Gasteiger partial charge in [0, 0.05) is 23.9 Å². The zero-order chi connectivity index (χ0) is 13.2. The van der Waals surface area contributed by atoms with Gasteiger partial charge in [-0.25, -0.2) is 8.78 Å². The first kappa shape index (κ1) is 13.5. The standard InChI is InChI=1S/C9H7F5N2O/c10-8(11)5-2-16-6(3-17)4(1-15)7(5)9(12,13)14/h2-3,8H,1,15H2. The van der Waals surface area contributed by atoms with Gasteiger partial charge in [0.2, 0.25) is 0 Å². The van der Waals surface area contributed by atoms with Gasteiger partial charge in [-0.2, -0.15) is 13.2 Å². The van der Waals surface area contributed by atoms with Crippen LogP contribution >= 0.6 is 0 Å². The summed E-state index contributed by atoms with van der Waals surface area (Å²) < 4.78 is 62.8. The molecule has 0 unspecified atom stereocenters. The van der Waals surface area contributed by atoms with Gasteiger partial charge >= 0.3 is 6.18 Å². The van der Waals surface area contributed by atoms with Gasteiger partial charge in [0.1, 0.15) is 5.69 Å². The maximum absolute atomic E-state index is 12.6. The number of nitrogens with zero attached hydrogens (tertiary/aromatic N) is 1. The molecule has 1 aromatic heterocycles. The molecule has 0 saturated carbocycles. The highest BCUT2D eigenvalue weighted by atomic mass is 19.4. The van der Waals surface area contributed by atoms with E-state index in [4.69, 9.17) is 5.73 Å². The molecule has 2 N–H and O–H groups in total. The molecule has 0 radical (unpaired) electrons. The van der Waals surface area contributed by atoms with Crippen LogP contribution in [0.1, 0.15) is 33.6 Å². The zero-order valence-electron chi connectivity index (χ0n) is 8.26. The number of hydrogen-bond acceptors (Lipinski definition) is 3. The van der Waals surface area contributed by atoms with Crippen molar-refractivity contribution in [2.45, 2.75) is 19.1 Å². The number of alkyl halides is 5. The Kier molecular flexibility index (Phi) is 3.76. The Hall–Kier alpha value is -1.57. The first-order chi connectivity index (χ1) is 7.82. The van der Waals surface area contributed by atoms with E-state index in [1.165, 1.54) is 0 Å². The van der Waals surface area contributed by atoms with Gasteiger partial charge in [-0.05, 0) is 0 Å². The van der Waals surface area contributed by atoms with Gasteiger partial charge in [0.05, 0.1) is 5.56 Å². The SMILES string of the molecule is NCc1c(C=O)ncc(C(F)F)c1C(F)(F)F. The fourth-order valence-corrected chi connectivity index (χ4v) is 1.39. The van der Waals surface area contributed by atoms with Crippen LogP contribution in [0.5, 0.6) is 0 Å². The van der Waals surface area contributed by atoms with Crippen molar-refractivity contribution in [1.82, 2.24) is 4.98 Å². The normalized spacial score (nSPS) is 11.9. The second kappa shape index (κ2) is 4.74. The second-order valence-electron chi connectivity index (χ2n) is 3.07. The largest absolute Gasteiger partial charge is 0.417 e. The number of halogens is 5. The van der Waals surface area contributed by atoms with Crippen molar-refractivity contribution < 1.29 is 26.7 Å². The molecule has 0 aliphatic heterocycles. The molecule has 0 atom stereocenters. The van der Waals surface area contributed by atoms with Gasteiger partial charge < -0.3 is 5.73 Å². The first-order valence-corrected chi connectivity index (χ1v) is 4.35. The van der Waals surface area contributed by atoms with Crippen molar-refractivity contribution in [3.63, 3.8) is 0 Å². The highest BCUT2D eigenvalue weighted by Crippen LogP contribution is 2.38. The van der Waals surface area contributed by atoms with Crippen LogP contribution in [0.4, 0.5) is 22.0 Å². The summed E-state index contributed by atoms with van der Waals surface area (Å²) in [6.45, 7) is -0.698. The molecule has 0 spiro atoms. The Morgan fingerprint density at radius 1 is 1.41 bits per heavy atom. The fraction of sp³-hybridized carbons (Fsp3) is 0.333. The topological polar surface area (TPSA) is 56.0 Å². The van der Waals surface area contributed by atoms with Gasteiger partial charge in [-0.3, -0.25) is 9.78 Å². The van der Waals surface area contributed by atoms with Crippen LogP contribution in [0, 0.1) is 0 Å². The monoisotopic (exact) mass is 254 g/mol. The summed E-state index contributed by atoms with van der Waals surface area (Å²) >= 11 is 0. The van der Waals surface area contributed by atoms with Crippen LogP contribution in [-0.4, -0.2) is 11.3 Å². The number of aromatic nitrogens is 1. The summed E-state index contributed by atoms with van der Waals surface area (Å²) in [5, 5.41) is 0. The number of rotatable bonds is 3. The molecule has 0 amide bonds. The van der Waals surface area contributed by atoms with Crippen LogP contribution in [-0.2, 0) is 12.7 Å². The molecular weight excluding hydrogens is 247 g/mol. The van der Waals surface area contributed by atoms with E-state index in [2.05, 4.69) is 4.98 Å². The third-order valence-corrected chi connectivity index (χ3v) is 2.08. The van der Waals surface area contributed by atoms with E-state index < -0.39 is 41.5 Å². The smallest absolute Gasteiger partial charge is 0.326 e. The predicted octanol–water partition coefficient (Wildman–Crippen LogP) is 2.31. The lowest BCUT2D eigenvalue weighted by molar-refractivity contribution is -0.140. The second-order valence-corrected chi connectivity index (χ2v) is 3.07. The first-order valence-electron chi connectivity index (χ1n) is 4.35. The van der Waals surface area contributed by atoms with Crippen molar-refractivity contribution in [2.75, 3.05) is 0 Å². The van der Waals surface area contributed by atoms with Crippen molar-refractivity contribution >= 4 is 6.29 Å². The molecule has 0 aliphatic rings. The lowest BCUT2D eigenvalue weighted by Gasteiger charge is -2.16. The molecule has 0 aromatic carbocycles. The summed E-state index contributed by atoms with van der Waals surface area (Å²) in [6, 6.07) is 0. The minimum absolute atomic E-state index is 0.0483. The van der Waals surface area contributed by atoms with E-state index in [9.17, 15) is 26.7 Å². The Bertz CT molecular complexity index is 430. The van der Waals surface area contributed by atoms with E-state index in [1.54, 1.807) is 0 Å². The molecule has 0 saturated heterocycles. The molecule has 0 aliphatic carbocycles.